The fourth-order valence-electron chi connectivity index (χ4n) is 3.86. The van der Waals surface area contributed by atoms with Gasteiger partial charge in [-0.15, -0.1) is 0 Å². The third-order valence-corrected chi connectivity index (χ3v) is 8.64. The predicted molar refractivity (Wildman–Crippen MR) is 110 cm³/mol. The molecule has 0 aromatic heterocycles. The first-order valence-electron chi connectivity index (χ1n) is 10.00. The largest absolute Gasteiger partial charge is 0.352 e. The molecule has 1 unspecified atom stereocenters. The number of hydrogen-bond acceptors (Lipinski definition) is 5. The van der Waals surface area contributed by atoms with Gasteiger partial charge in [-0.3, -0.25) is 4.79 Å². The van der Waals surface area contributed by atoms with Gasteiger partial charge in [-0.1, -0.05) is 18.6 Å². The summed E-state index contributed by atoms with van der Waals surface area (Å²) in [6.07, 6.45) is 5.58. The van der Waals surface area contributed by atoms with E-state index < -0.39 is 20.0 Å². The van der Waals surface area contributed by atoms with Crippen molar-refractivity contribution in [2.45, 2.75) is 49.5 Å². The second-order valence-electron chi connectivity index (χ2n) is 7.81. The number of amides is 1. The molecule has 1 aromatic carbocycles. The number of benzene rings is 1. The van der Waals surface area contributed by atoms with E-state index in [2.05, 4.69) is 5.32 Å². The molecular weight excluding hydrogens is 414 g/mol. The Hall–Kier alpha value is -1.49. The van der Waals surface area contributed by atoms with Crippen LogP contribution in [0.1, 0.15) is 37.7 Å². The number of rotatable bonds is 6. The third-order valence-electron chi connectivity index (χ3n) is 5.46. The summed E-state index contributed by atoms with van der Waals surface area (Å²) in [7, 11) is -6.74. The maximum atomic E-state index is 12.7. The van der Waals surface area contributed by atoms with Crippen LogP contribution < -0.4 is 5.32 Å². The van der Waals surface area contributed by atoms with Gasteiger partial charge >= 0.3 is 0 Å². The van der Waals surface area contributed by atoms with E-state index in [4.69, 9.17) is 0 Å². The van der Waals surface area contributed by atoms with E-state index in [0.717, 1.165) is 31.2 Å². The smallest absolute Gasteiger partial charge is 0.243 e. The molecule has 10 heteroatoms. The van der Waals surface area contributed by atoms with Gasteiger partial charge in [0.25, 0.3) is 0 Å². The van der Waals surface area contributed by atoms with Gasteiger partial charge in [0.2, 0.25) is 26.0 Å². The lowest BCUT2D eigenvalue weighted by Gasteiger charge is -2.31. The van der Waals surface area contributed by atoms with Crippen LogP contribution >= 0.6 is 0 Å². The van der Waals surface area contributed by atoms with E-state index in [1.807, 2.05) is 0 Å². The summed E-state index contributed by atoms with van der Waals surface area (Å²) >= 11 is 0. The molecule has 0 saturated carbocycles. The van der Waals surface area contributed by atoms with Crippen molar-refractivity contribution in [3.63, 3.8) is 0 Å². The monoisotopic (exact) mass is 443 g/mol. The molecule has 0 radical (unpaired) electrons. The second kappa shape index (κ2) is 9.11. The lowest BCUT2D eigenvalue weighted by Crippen LogP contribution is -2.49. The summed E-state index contributed by atoms with van der Waals surface area (Å²) in [6, 6.07) is 6.24. The zero-order chi connectivity index (χ0) is 21.1. The number of nitrogens with one attached hydrogen (secondary N) is 1. The van der Waals surface area contributed by atoms with E-state index in [9.17, 15) is 21.6 Å². The molecule has 1 aromatic rings. The number of piperidine rings is 2. The average molecular weight is 444 g/mol. The Bertz CT molecular complexity index is 923. The summed E-state index contributed by atoms with van der Waals surface area (Å²) in [6.45, 7) is 1.88. The molecule has 29 heavy (non-hydrogen) atoms. The van der Waals surface area contributed by atoms with Crippen molar-refractivity contribution in [3.8, 4) is 0 Å². The number of sulfonamides is 2. The highest BCUT2D eigenvalue weighted by molar-refractivity contribution is 7.89. The molecule has 1 amide bonds. The Kier molecular flexibility index (Phi) is 6.98. The Labute approximate surface area is 173 Å². The topological polar surface area (TPSA) is 104 Å². The van der Waals surface area contributed by atoms with Crippen molar-refractivity contribution < 1.29 is 21.6 Å². The third kappa shape index (κ3) is 5.78. The van der Waals surface area contributed by atoms with Crippen LogP contribution in [-0.4, -0.2) is 69.8 Å². The first-order valence-corrected chi connectivity index (χ1v) is 13.3. The van der Waals surface area contributed by atoms with E-state index in [1.54, 1.807) is 24.3 Å². The van der Waals surface area contributed by atoms with Gasteiger partial charge in [0.1, 0.15) is 0 Å². The highest BCUT2D eigenvalue weighted by Crippen LogP contribution is 2.21. The minimum Gasteiger partial charge on any atom is -0.352 e. The Balaban J connectivity index is 1.57. The summed E-state index contributed by atoms with van der Waals surface area (Å²) < 4.78 is 51.7. The molecule has 2 fully saturated rings. The maximum absolute atomic E-state index is 12.7. The highest BCUT2D eigenvalue weighted by Gasteiger charge is 2.27. The minimum atomic E-state index is -3.48. The van der Waals surface area contributed by atoms with E-state index in [1.165, 1.54) is 14.9 Å². The first kappa shape index (κ1) is 22.2. The quantitative estimate of drug-likeness (QED) is 0.705. The van der Waals surface area contributed by atoms with Crippen LogP contribution in [0.2, 0.25) is 0 Å². The molecule has 0 bridgehead atoms. The summed E-state index contributed by atoms with van der Waals surface area (Å²) in [5.41, 5.74) is 0.718. The van der Waals surface area contributed by atoms with Gasteiger partial charge in [0.15, 0.2) is 0 Å². The predicted octanol–water partition coefficient (Wildman–Crippen LogP) is 0.944. The minimum absolute atomic E-state index is 0.124. The number of carbonyl (C=O) groups excluding carboxylic acids is 1. The maximum Gasteiger partial charge on any atom is 0.243 e. The molecule has 1 atom stereocenters. The highest BCUT2D eigenvalue weighted by atomic mass is 32.2. The van der Waals surface area contributed by atoms with E-state index in [-0.39, 0.29) is 29.8 Å². The van der Waals surface area contributed by atoms with Crippen molar-refractivity contribution in [2.24, 2.45) is 0 Å². The molecule has 162 valence electrons. The lowest BCUT2D eigenvalue weighted by atomic mass is 10.1. The first-order chi connectivity index (χ1) is 13.7. The number of hydrogen-bond donors (Lipinski definition) is 1. The standard InChI is InChI=1S/C19H29N3O5S2/c1-28(24,25)22-13-5-6-17(15-22)20-19(23)14-16-7-9-18(10-8-16)29(26,27)21-11-3-2-4-12-21/h7-10,17H,2-6,11-15H2,1H3,(H,20,23). The zero-order valence-electron chi connectivity index (χ0n) is 16.7. The van der Waals surface area contributed by atoms with Crippen LogP contribution in [0.5, 0.6) is 0 Å². The summed E-state index contributed by atoms with van der Waals surface area (Å²) in [4.78, 5) is 12.6. The van der Waals surface area contributed by atoms with Gasteiger partial charge in [0.05, 0.1) is 17.6 Å². The van der Waals surface area contributed by atoms with Gasteiger partial charge in [-0.05, 0) is 43.4 Å². The molecule has 2 heterocycles. The lowest BCUT2D eigenvalue weighted by molar-refractivity contribution is -0.121. The second-order valence-corrected chi connectivity index (χ2v) is 11.7. The molecule has 1 N–H and O–H groups in total. The molecule has 8 nitrogen and oxygen atoms in total. The van der Waals surface area contributed by atoms with Gasteiger partial charge in [-0.25, -0.2) is 21.1 Å². The Morgan fingerprint density at radius 3 is 2.21 bits per heavy atom. The number of carbonyl (C=O) groups is 1. The summed E-state index contributed by atoms with van der Waals surface area (Å²) in [5, 5.41) is 2.89. The van der Waals surface area contributed by atoms with Crippen molar-refractivity contribution in [1.82, 2.24) is 13.9 Å². The average Bonchev–Trinajstić information content (AvgIpc) is 2.68. The van der Waals surface area contributed by atoms with Gasteiger partial charge in [-0.2, -0.15) is 4.31 Å². The van der Waals surface area contributed by atoms with E-state index in [0.29, 0.717) is 26.1 Å². The molecule has 2 aliphatic rings. The van der Waals surface area contributed by atoms with Crippen LogP contribution in [0.3, 0.4) is 0 Å². The SMILES string of the molecule is CS(=O)(=O)N1CCCC(NC(=O)Cc2ccc(S(=O)(=O)N3CCCCC3)cc2)C1. The van der Waals surface area contributed by atoms with Crippen molar-refractivity contribution >= 4 is 26.0 Å². The van der Waals surface area contributed by atoms with Crippen LogP contribution in [0, 0.1) is 0 Å². The molecule has 3 rings (SSSR count). The van der Waals surface area contributed by atoms with Crippen LogP contribution in [0.4, 0.5) is 0 Å². The van der Waals surface area contributed by atoms with Crippen molar-refractivity contribution in [2.75, 3.05) is 32.4 Å². The van der Waals surface area contributed by atoms with Gasteiger partial charge in [0, 0.05) is 32.2 Å². The fourth-order valence-corrected chi connectivity index (χ4v) is 6.29. The number of nitrogens with zero attached hydrogens (tertiary/aromatic N) is 2. The normalized spacial score (nSPS) is 22.3. The Morgan fingerprint density at radius 1 is 0.966 bits per heavy atom. The summed E-state index contributed by atoms with van der Waals surface area (Å²) in [5.74, 6) is -0.197. The van der Waals surface area contributed by atoms with E-state index >= 15 is 0 Å². The Morgan fingerprint density at radius 2 is 1.59 bits per heavy atom. The molecule has 2 aliphatic heterocycles. The van der Waals surface area contributed by atoms with Crippen LogP contribution in [-0.2, 0) is 31.3 Å². The molecule has 0 aliphatic carbocycles. The molecule has 0 spiro atoms. The molecular formula is C19H29N3O5S2. The van der Waals surface area contributed by atoms with Crippen LogP contribution in [0.15, 0.2) is 29.2 Å². The van der Waals surface area contributed by atoms with Crippen LogP contribution in [0.25, 0.3) is 0 Å². The van der Waals surface area contributed by atoms with Crippen molar-refractivity contribution in [3.05, 3.63) is 29.8 Å². The fraction of sp³-hybridized carbons (Fsp3) is 0.632. The zero-order valence-corrected chi connectivity index (χ0v) is 18.3. The molecule has 2 saturated heterocycles. The van der Waals surface area contributed by atoms with Gasteiger partial charge < -0.3 is 5.32 Å². The van der Waals surface area contributed by atoms with Crippen molar-refractivity contribution in [1.29, 1.82) is 0 Å².